The van der Waals surface area contributed by atoms with Crippen LogP contribution in [0.1, 0.15) is 12.8 Å². The highest BCUT2D eigenvalue weighted by Gasteiger charge is 2.22. The van der Waals surface area contributed by atoms with Gasteiger partial charge in [0.15, 0.2) is 0 Å². The Kier molecular flexibility index (Phi) is 4.81. The number of amides is 2. The average molecular weight is 367 g/mol. The first kappa shape index (κ1) is 14.8. The molecule has 2 amide bonds. The predicted octanol–water partition coefficient (Wildman–Crippen LogP) is 3.71. The number of nitrogens with two attached hydrogens (primary N) is 1. The Hall–Kier alpha value is -0.650. The summed E-state index contributed by atoms with van der Waals surface area (Å²) in [5.41, 5.74) is 6.06. The Morgan fingerprint density at radius 1 is 1.32 bits per heavy atom. The summed E-state index contributed by atoms with van der Waals surface area (Å²) in [6.07, 6.45) is 1.68. The third-order valence-corrected chi connectivity index (χ3v) is 4.97. The average Bonchev–Trinajstić information content (AvgIpc) is 2.40. The molecule has 1 aliphatic rings. The molecular formula is C12H14BrCl2N3O. The van der Waals surface area contributed by atoms with Crippen molar-refractivity contribution in [2.24, 2.45) is 5.73 Å². The first-order valence-electron chi connectivity index (χ1n) is 5.93. The summed E-state index contributed by atoms with van der Waals surface area (Å²) in [7, 11) is 0. The minimum atomic E-state index is -0.358. The van der Waals surface area contributed by atoms with Gasteiger partial charge in [0.2, 0.25) is 0 Å². The highest BCUT2D eigenvalue weighted by molar-refractivity contribution is 9.10. The van der Waals surface area contributed by atoms with E-state index < -0.39 is 0 Å². The number of hydrogen-bond acceptors (Lipinski definition) is 2. The molecule has 0 saturated carbocycles. The second kappa shape index (κ2) is 6.20. The van der Waals surface area contributed by atoms with Crippen LogP contribution in [0.4, 0.5) is 10.5 Å². The molecule has 7 heteroatoms. The smallest absolute Gasteiger partial charge is 0.314 e. The Morgan fingerprint density at radius 2 is 1.95 bits per heavy atom. The van der Waals surface area contributed by atoms with Gasteiger partial charge in [-0.2, -0.15) is 0 Å². The first-order valence-corrected chi connectivity index (χ1v) is 7.48. The van der Waals surface area contributed by atoms with Gasteiger partial charge in [0.05, 0.1) is 15.7 Å². The molecule has 0 spiro atoms. The van der Waals surface area contributed by atoms with E-state index in [1.165, 1.54) is 0 Å². The molecule has 0 unspecified atom stereocenters. The number of urea groups is 1. The number of nitrogens with zero attached hydrogens (tertiary/aromatic N) is 1. The fraction of sp³-hybridized carbons (Fsp3) is 0.417. The second-order valence-corrected chi connectivity index (χ2v) is 6.08. The molecular weight excluding hydrogens is 353 g/mol. The summed E-state index contributed by atoms with van der Waals surface area (Å²) < 4.78 is 0.772. The number of piperidine rings is 1. The number of carbonyl (C=O) groups excluding carboxylic acids is 1. The molecule has 0 atom stereocenters. The molecule has 0 aromatic heterocycles. The summed E-state index contributed by atoms with van der Waals surface area (Å²) in [5.74, 6) is 0. The van der Waals surface area contributed by atoms with Crippen molar-refractivity contribution in [1.82, 2.24) is 4.90 Å². The quantitative estimate of drug-likeness (QED) is 0.784. The molecule has 0 bridgehead atoms. The molecule has 1 saturated heterocycles. The topological polar surface area (TPSA) is 58.4 Å². The normalized spacial score (nSPS) is 16.5. The van der Waals surface area contributed by atoms with Gasteiger partial charge in [-0.25, -0.2) is 4.79 Å². The van der Waals surface area contributed by atoms with E-state index in [-0.39, 0.29) is 12.1 Å². The molecule has 1 fully saturated rings. The molecule has 4 nitrogen and oxygen atoms in total. The van der Waals surface area contributed by atoms with Crippen molar-refractivity contribution < 1.29 is 4.79 Å². The number of hydrogen-bond donors (Lipinski definition) is 2. The van der Waals surface area contributed by atoms with Crippen molar-refractivity contribution in [2.45, 2.75) is 18.9 Å². The summed E-state index contributed by atoms with van der Waals surface area (Å²) in [6.45, 7) is 1.32. The lowest BCUT2D eigenvalue weighted by Crippen LogP contribution is -2.44. The van der Waals surface area contributed by atoms with Crippen molar-refractivity contribution in [3.05, 3.63) is 26.7 Å². The summed E-state index contributed by atoms with van der Waals surface area (Å²) in [5, 5.41) is 4.37. The molecule has 1 aromatic rings. The maximum absolute atomic E-state index is 11.0. The first-order chi connectivity index (χ1) is 8.99. The van der Waals surface area contributed by atoms with E-state index >= 15 is 0 Å². The Balaban J connectivity index is 2.00. The maximum Gasteiger partial charge on any atom is 0.314 e. The van der Waals surface area contributed by atoms with Crippen molar-refractivity contribution in [3.8, 4) is 0 Å². The number of anilines is 1. The van der Waals surface area contributed by atoms with Crippen LogP contribution in [0.25, 0.3) is 0 Å². The Morgan fingerprint density at radius 3 is 2.53 bits per heavy atom. The zero-order valence-electron chi connectivity index (χ0n) is 10.1. The van der Waals surface area contributed by atoms with Crippen LogP contribution < -0.4 is 11.1 Å². The zero-order chi connectivity index (χ0) is 14.0. The lowest BCUT2D eigenvalue weighted by Gasteiger charge is -2.32. The Labute approximate surface area is 130 Å². The van der Waals surface area contributed by atoms with E-state index in [0.717, 1.165) is 23.0 Å². The van der Waals surface area contributed by atoms with Crippen LogP contribution in [0.3, 0.4) is 0 Å². The lowest BCUT2D eigenvalue weighted by atomic mass is 10.0. The van der Waals surface area contributed by atoms with Gasteiger partial charge in [-0.1, -0.05) is 23.2 Å². The predicted molar refractivity (Wildman–Crippen MR) is 82.0 cm³/mol. The minimum absolute atomic E-state index is 0.269. The van der Waals surface area contributed by atoms with Crippen LogP contribution in [0, 0.1) is 0 Å². The number of primary amides is 1. The fourth-order valence-electron chi connectivity index (χ4n) is 2.10. The number of likely N-dealkylation sites (tertiary alicyclic amines) is 1. The molecule has 0 aliphatic carbocycles. The highest BCUT2D eigenvalue weighted by Crippen LogP contribution is 2.36. The van der Waals surface area contributed by atoms with Crippen LogP contribution in [-0.2, 0) is 0 Å². The molecule has 104 valence electrons. The van der Waals surface area contributed by atoms with E-state index in [2.05, 4.69) is 21.2 Å². The number of rotatable bonds is 2. The van der Waals surface area contributed by atoms with Crippen LogP contribution in [0.2, 0.25) is 10.0 Å². The van der Waals surface area contributed by atoms with Gasteiger partial charge in [0, 0.05) is 23.6 Å². The van der Waals surface area contributed by atoms with E-state index in [1.807, 2.05) is 12.1 Å². The van der Waals surface area contributed by atoms with Crippen molar-refractivity contribution >= 4 is 50.9 Å². The second-order valence-electron chi connectivity index (χ2n) is 4.47. The Bertz CT molecular complexity index is 490. The molecule has 0 radical (unpaired) electrons. The molecule has 19 heavy (non-hydrogen) atoms. The largest absolute Gasteiger partial charge is 0.381 e. The van der Waals surface area contributed by atoms with Crippen molar-refractivity contribution in [3.63, 3.8) is 0 Å². The monoisotopic (exact) mass is 365 g/mol. The number of carbonyl (C=O) groups is 1. The van der Waals surface area contributed by atoms with Gasteiger partial charge < -0.3 is 16.0 Å². The number of benzene rings is 1. The van der Waals surface area contributed by atoms with Crippen molar-refractivity contribution in [1.29, 1.82) is 0 Å². The molecule has 3 N–H and O–H groups in total. The van der Waals surface area contributed by atoms with E-state index in [0.29, 0.717) is 23.1 Å². The molecule has 1 aromatic carbocycles. The van der Waals surface area contributed by atoms with Gasteiger partial charge in [0.1, 0.15) is 0 Å². The van der Waals surface area contributed by atoms with Crippen molar-refractivity contribution in [2.75, 3.05) is 18.4 Å². The highest BCUT2D eigenvalue weighted by atomic mass is 79.9. The third kappa shape index (κ3) is 3.46. The lowest BCUT2D eigenvalue weighted by molar-refractivity contribution is 0.193. The number of nitrogens with one attached hydrogen (secondary N) is 1. The third-order valence-electron chi connectivity index (χ3n) is 3.20. The summed E-state index contributed by atoms with van der Waals surface area (Å²) >= 11 is 15.6. The van der Waals surface area contributed by atoms with E-state index in [4.69, 9.17) is 28.9 Å². The van der Waals surface area contributed by atoms with Crippen LogP contribution in [0.15, 0.2) is 16.6 Å². The van der Waals surface area contributed by atoms with Gasteiger partial charge in [0.25, 0.3) is 0 Å². The van der Waals surface area contributed by atoms with E-state index in [1.54, 1.807) is 4.90 Å². The van der Waals surface area contributed by atoms with Crippen LogP contribution >= 0.6 is 39.1 Å². The molecule has 1 heterocycles. The zero-order valence-corrected chi connectivity index (χ0v) is 13.2. The summed E-state index contributed by atoms with van der Waals surface area (Å²) in [4.78, 5) is 12.7. The SMILES string of the molecule is NC(=O)N1CCC(Nc2ccc(Br)c(Cl)c2Cl)CC1. The fourth-order valence-corrected chi connectivity index (χ4v) is 2.93. The van der Waals surface area contributed by atoms with Gasteiger partial charge >= 0.3 is 6.03 Å². The molecule has 1 aliphatic heterocycles. The van der Waals surface area contributed by atoms with Crippen LogP contribution in [-0.4, -0.2) is 30.1 Å². The maximum atomic E-state index is 11.0. The molecule has 2 rings (SSSR count). The van der Waals surface area contributed by atoms with E-state index in [9.17, 15) is 4.79 Å². The standard InChI is InChI=1S/C12H14BrCl2N3O/c13-8-1-2-9(11(15)10(8)14)17-7-3-5-18(6-4-7)12(16)19/h1-2,7,17H,3-6H2,(H2,16,19). The minimum Gasteiger partial charge on any atom is -0.381 e. The van der Waals surface area contributed by atoms with Gasteiger partial charge in [-0.3, -0.25) is 0 Å². The van der Waals surface area contributed by atoms with Crippen LogP contribution in [0.5, 0.6) is 0 Å². The summed E-state index contributed by atoms with van der Waals surface area (Å²) in [6, 6.07) is 3.65. The van der Waals surface area contributed by atoms with Gasteiger partial charge in [-0.15, -0.1) is 0 Å². The van der Waals surface area contributed by atoms with Gasteiger partial charge in [-0.05, 0) is 40.9 Å². The number of halogens is 3.